The molecule has 1 amide bonds. The van der Waals surface area contributed by atoms with Crippen LogP contribution in [0.3, 0.4) is 0 Å². The van der Waals surface area contributed by atoms with Crippen molar-refractivity contribution in [2.75, 3.05) is 13.1 Å². The van der Waals surface area contributed by atoms with Gasteiger partial charge in [-0.05, 0) is 37.6 Å². The Labute approximate surface area is 112 Å². The van der Waals surface area contributed by atoms with Gasteiger partial charge in [0.2, 0.25) is 15.9 Å². The molecular weight excluding hydrogens is 276 g/mol. The largest absolute Gasteiger partial charge is 0.355 e. The quantitative estimate of drug-likeness (QED) is 0.851. The maximum Gasteiger partial charge on any atom is 0.241 e. The van der Waals surface area contributed by atoms with Gasteiger partial charge in [-0.3, -0.25) is 4.79 Å². The average Bonchev–Trinajstić information content (AvgIpc) is 2.26. The summed E-state index contributed by atoms with van der Waals surface area (Å²) in [5.41, 5.74) is 0.533. The second kappa shape index (κ2) is 6.17. The van der Waals surface area contributed by atoms with E-state index in [1.807, 2.05) is 0 Å². The van der Waals surface area contributed by atoms with E-state index >= 15 is 0 Å². The zero-order valence-electron chi connectivity index (χ0n) is 10.2. The first-order valence-corrected chi connectivity index (χ1v) is 7.25. The number of halogens is 1. The third kappa shape index (κ3) is 3.97. The Hall–Kier alpha value is -1.11. The fraction of sp³-hybridized carbons (Fsp3) is 0.364. The Morgan fingerprint density at radius 2 is 2.06 bits per heavy atom. The highest BCUT2D eigenvalue weighted by Crippen LogP contribution is 2.19. The van der Waals surface area contributed by atoms with Crippen molar-refractivity contribution in [1.29, 1.82) is 0 Å². The molecule has 18 heavy (non-hydrogen) atoms. The first kappa shape index (κ1) is 14.9. The maximum atomic E-state index is 11.9. The third-order valence-electron chi connectivity index (χ3n) is 2.22. The number of likely N-dealkylation sites (N-methyl/N-ethyl adjacent to an activating group) is 1. The molecule has 100 valence electrons. The first-order chi connectivity index (χ1) is 8.36. The highest BCUT2D eigenvalue weighted by molar-refractivity contribution is 7.89. The Morgan fingerprint density at radius 1 is 1.39 bits per heavy atom. The second-order valence-electron chi connectivity index (χ2n) is 3.69. The molecule has 0 fully saturated rings. The smallest absolute Gasteiger partial charge is 0.241 e. The summed E-state index contributed by atoms with van der Waals surface area (Å²) >= 11 is 5.76. The van der Waals surface area contributed by atoms with Gasteiger partial charge < -0.3 is 5.32 Å². The van der Waals surface area contributed by atoms with Gasteiger partial charge in [0.15, 0.2) is 0 Å². The molecular formula is C11H15ClN2O3S. The minimum absolute atomic E-state index is 0.121. The number of hydrogen-bond acceptors (Lipinski definition) is 3. The van der Waals surface area contributed by atoms with E-state index in [0.717, 1.165) is 0 Å². The van der Waals surface area contributed by atoms with Crippen LogP contribution < -0.4 is 10.0 Å². The van der Waals surface area contributed by atoms with Crippen molar-refractivity contribution in [2.45, 2.75) is 18.7 Å². The average molecular weight is 291 g/mol. The highest BCUT2D eigenvalue weighted by Gasteiger charge is 2.17. The molecule has 0 spiro atoms. The first-order valence-electron chi connectivity index (χ1n) is 5.39. The summed E-state index contributed by atoms with van der Waals surface area (Å²) < 4.78 is 26.1. The van der Waals surface area contributed by atoms with Crippen LogP contribution in [0.1, 0.15) is 12.5 Å². The van der Waals surface area contributed by atoms with E-state index in [9.17, 15) is 13.2 Å². The number of benzene rings is 1. The predicted octanol–water partition coefficient (Wildman–Crippen LogP) is 1.06. The van der Waals surface area contributed by atoms with Crippen LogP contribution >= 0.6 is 11.6 Å². The summed E-state index contributed by atoms with van der Waals surface area (Å²) in [6.45, 7) is 3.58. The molecule has 1 aromatic rings. The van der Waals surface area contributed by atoms with Gasteiger partial charge >= 0.3 is 0 Å². The van der Waals surface area contributed by atoms with Crippen molar-refractivity contribution in [1.82, 2.24) is 10.0 Å². The van der Waals surface area contributed by atoms with Crippen molar-refractivity contribution in [3.8, 4) is 0 Å². The molecule has 0 aromatic heterocycles. The van der Waals surface area contributed by atoms with Gasteiger partial charge in [-0.1, -0.05) is 11.6 Å². The molecule has 0 aliphatic rings. The number of amides is 1. The van der Waals surface area contributed by atoms with E-state index in [-0.39, 0.29) is 17.3 Å². The van der Waals surface area contributed by atoms with E-state index in [0.29, 0.717) is 17.1 Å². The molecule has 0 bridgehead atoms. The number of hydrogen-bond donors (Lipinski definition) is 2. The zero-order chi connectivity index (χ0) is 13.8. The SMILES string of the molecule is CCNC(=O)CNS(=O)(=O)c1ccc(Cl)cc1C. The number of sulfonamides is 1. The molecule has 0 unspecified atom stereocenters. The van der Waals surface area contributed by atoms with Crippen LogP contribution in [0.5, 0.6) is 0 Å². The Bertz CT molecular complexity index is 543. The van der Waals surface area contributed by atoms with E-state index < -0.39 is 10.0 Å². The molecule has 0 aliphatic carbocycles. The third-order valence-corrected chi connectivity index (χ3v) is 4.02. The normalized spacial score (nSPS) is 11.3. The lowest BCUT2D eigenvalue weighted by Gasteiger charge is -2.09. The van der Waals surface area contributed by atoms with Crippen molar-refractivity contribution < 1.29 is 13.2 Å². The van der Waals surface area contributed by atoms with Gasteiger partial charge in [0.1, 0.15) is 0 Å². The monoisotopic (exact) mass is 290 g/mol. The maximum absolute atomic E-state index is 11.9. The van der Waals surface area contributed by atoms with Crippen LogP contribution in [0.4, 0.5) is 0 Å². The summed E-state index contributed by atoms with van der Waals surface area (Å²) in [4.78, 5) is 11.3. The van der Waals surface area contributed by atoms with Crippen molar-refractivity contribution in [3.63, 3.8) is 0 Å². The van der Waals surface area contributed by atoms with Crippen LogP contribution in [0, 0.1) is 6.92 Å². The molecule has 1 rings (SSSR count). The van der Waals surface area contributed by atoms with Crippen molar-refractivity contribution >= 4 is 27.5 Å². The number of carbonyl (C=O) groups excluding carboxylic acids is 1. The number of rotatable bonds is 5. The fourth-order valence-electron chi connectivity index (χ4n) is 1.41. The van der Waals surface area contributed by atoms with E-state index in [1.165, 1.54) is 12.1 Å². The summed E-state index contributed by atoms with van der Waals surface area (Å²) in [5, 5.41) is 2.97. The second-order valence-corrected chi connectivity index (χ2v) is 5.86. The molecule has 0 radical (unpaired) electrons. The summed E-state index contributed by atoms with van der Waals surface area (Å²) in [6, 6.07) is 4.47. The lowest BCUT2D eigenvalue weighted by molar-refractivity contribution is -0.119. The highest BCUT2D eigenvalue weighted by atomic mass is 35.5. The van der Waals surface area contributed by atoms with Crippen LogP contribution in [-0.4, -0.2) is 27.4 Å². The Kier molecular flexibility index (Phi) is 5.13. The van der Waals surface area contributed by atoms with Gasteiger partial charge in [0.05, 0.1) is 11.4 Å². The summed E-state index contributed by atoms with van der Waals surface area (Å²) in [7, 11) is -3.69. The molecule has 7 heteroatoms. The van der Waals surface area contributed by atoms with Gasteiger partial charge in [-0.2, -0.15) is 0 Å². The van der Waals surface area contributed by atoms with Crippen LogP contribution in [0.2, 0.25) is 5.02 Å². The van der Waals surface area contributed by atoms with E-state index in [4.69, 9.17) is 11.6 Å². The zero-order valence-corrected chi connectivity index (χ0v) is 11.7. The summed E-state index contributed by atoms with van der Waals surface area (Å²) in [5.74, 6) is -0.368. The molecule has 5 nitrogen and oxygen atoms in total. The number of aryl methyl sites for hydroxylation is 1. The molecule has 0 saturated heterocycles. The molecule has 0 heterocycles. The van der Waals surface area contributed by atoms with E-state index in [1.54, 1.807) is 19.9 Å². The van der Waals surface area contributed by atoms with Crippen LogP contribution in [0.15, 0.2) is 23.1 Å². The minimum atomic E-state index is -3.69. The standard InChI is InChI=1S/C11H15ClN2O3S/c1-3-13-11(15)7-14-18(16,17)10-5-4-9(12)6-8(10)2/h4-6,14H,3,7H2,1-2H3,(H,13,15). The van der Waals surface area contributed by atoms with Gasteiger partial charge in [-0.15, -0.1) is 0 Å². The molecule has 1 aromatic carbocycles. The topological polar surface area (TPSA) is 75.3 Å². The lowest BCUT2D eigenvalue weighted by Crippen LogP contribution is -2.36. The Morgan fingerprint density at radius 3 is 2.61 bits per heavy atom. The molecule has 0 saturated carbocycles. The lowest BCUT2D eigenvalue weighted by atomic mass is 10.2. The van der Waals surface area contributed by atoms with Crippen LogP contribution in [0.25, 0.3) is 0 Å². The van der Waals surface area contributed by atoms with Gasteiger partial charge in [-0.25, -0.2) is 13.1 Å². The van der Waals surface area contributed by atoms with Crippen molar-refractivity contribution in [3.05, 3.63) is 28.8 Å². The minimum Gasteiger partial charge on any atom is -0.355 e. The number of carbonyl (C=O) groups is 1. The van der Waals surface area contributed by atoms with Gasteiger partial charge in [0.25, 0.3) is 0 Å². The summed E-state index contributed by atoms with van der Waals surface area (Å²) in [6.07, 6.45) is 0. The molecule has 0 aliphatic heterocycles. The fourth-order valence-corrected chi connectivity index (χ4v) is 2.85. The molecule has 2 N–H and O–H groups in total. The predicted molar refractivity (Wildman–Crippen MR) is 70.1 cm³/mol. The van der Waals surface area contributed by atoms with Gasteiger partial charge in [0, 0.05) is 11.6 Å². The number of nitrogens with one attached hydrogen (secondary N) is 2. The Balaban J connectivity index is 2.83. The van der Waals surface area contributed by atoms with Crippen molar-refractivity contribution in [2.24, 2.45) is 0 Å². The van der Waals surface area contributed by atoms with Crippen LogP contribution in [-0.2, 0) is 14.8 Å². The molecule has 0 atom stereocenters. The van der Waals surface area contributed by atoms with E-state index in [2.05, 4.69) is 10.0 Å².